The number of hydrogen-bond acceptors (Lipinski definition) is 0. The van der Waals surface area contributed by atoms with Crippen LogP contribution in [-0.4, -0.2) is 30.1 Å². The summed E-state index contributed by atoms with van der Waals surface area (Å²) in [5.74, 6) is -27.5. The Morgan fingerprint density at radius 3 is 1.39 bits per heavy atom. The first kappa shape index (κ1) is 16.8. The van der Waals surface area contributed by atoms with E-state index in [1.807, 2.05) is 0 Å². The van der Waals surface area contributed by atoms with E-state index >= 15 is 0 Å². The van der Waals surface area contributed by atoms with Gasteiger partial charge < -0.3 is 0 Å². The minimum Gasteiger partial charge on any atom is -0.203 e. The highest BCUT2D eigenvalue weighted by Gasteiger charge is 2.82. The van der Waals surface area contributed by atoms with Gasteiger partial charge in [0.25, 0.3) is 0 Å². The largest absolute Gasteiger partial charge is 0.390 e. The SMILES string of the molecule is FC#CC(F)(F)C(F)(F)C(F)(F)C(F)(F)C(F)F. The Balaban J connectivity index is 5.78. The Morgan fingerprint density at radius 1 is 0.722 bits per heavy atom. The van der Waals surface area contributed by atoms with Crippen molar-refractivity contribution < 1.29 is 48.3 Å². The van der Waals surface area contributed by atoms with E-state index in [9.17, 15) is 48.3 Å². The highest BCUT2D eigenvalue weighted by Crippen LogP contribution is 2.54. The molecule has 0 N–H and O–H groups in total. The van der Waals surface area contributed by atoms with Gasteiger partial charge in [-0.05, 0) is 0 Å². The normalized spacial score (nSPS) is 14.4. The Morgan fingerprint density at radius 2 is 1.11 bits per heavy atom. The molecule has 0 bridgehead atoms. The molecule has 0 fully saturated rings. The minimum atomic E-state index is -7.14. The molecule has 11 heteroatoms. The van der Waals surface area contributed by atoms with Crippen LogP contribution < -0.4 is 0 Å². The van der Waals surface area contributed by atoms with E-state index in [1.165, 1.54) is 0 Å². The molecule has 0 unspecified atom stereocenters. The average Bonchev–Trinajstić information content (AvgIpc) is 2.16. The van der Waals surface area contributed by atoms with Gasteiger partial charge in [0.05, 0.1) is 0 Å². The van der Waals surface area contributed by atoms with Crippen molar-refractivity contribution in [2.75, 3.05) is 0 Å². The molecule has 0 aliphatic rings. The van der Waals surface area contributed by atoms with Gasteiger partial charge >= 0.3 is 30.1 Å². The minimum absolute atomic E-state index is 0.379. The third-order valence-corrected chi connectivity index (χ3v) is 1.69. The zero-order valence-electron chi connectivity index (χ0n) is 7.73. The lowest BCUT2D eigenvalue weighted by atomic mass is 9.99. The van der Waals surface area contributed by atoms with Crippen LogP contribution in [0.2, 0.25) is 0 Å². The molecule has 0 aromatic carbocycles. The number of alkyl halides is 10. The van der Waals surface area contributed by atoms with Crippen LogP contribution in [0.25, 0.3) is 0 Å². The lowest BCUT2D eigenvalue weighted by molar-refractivity contribution is -0.373. The fourth-order valence-electron chi connectivity index (χ4n) is 0.681. The Labute approximate surface area is 91.7 Å². The van der Waals surface area contributed by atoms with Crippen molar-refractivity contribution in [3.8, 4) is 12.1 Å². The van der Waals surface area contributed by atoms with Crippen LogP contribution in [0.15, 0.2) is 0 Å². The maximum absolute atomic E-state index is 12.4. The summed E-state index contributed by atoms with van der Waals surface area (Å²) in [6.45, 7) is 0. The predicted molar refractivity (Wildman–Crippen MR) is 34.7 cm³/mol. The molecule has 0 amide bonds. The molecule has 0 saturated heterocycles. The van der Waals surface area contributed by atoms with Crippen molar-refractivity contribution in [3.05, 3.63) is 0 Å². The van der Waals surface area contributed by atoms with Gasteiger partial charge in [-0.1, -0.05) is 0 Å². The maximum Gasteiger partial charge on any atom is 0.390 e. The van der Waals surface area contributed by atoms with Crippen molar-refractivity contribution in [3.63, 3.8) is 0 Å². The second kappa shape index (κ2) is 4.47. The summed E-state index contributed by atoms with van der Waals surface area (Å²) in [4.78, 5) is 0. The van der Waals surface area contributed by atoms with E-state index in [4.69, 9.17) is 0 Å². The summed E-state index contributed by atoms with van der Waals surface area (Å²) in [6, 6.07) is 0. The lowest BCUT2D eigenvalue weighted by Gasteiger charge is -2.34. The molecule has 0 saturated carbocycles. The van der Waals surface area contributed by atoms with Gasteiger partial charge in [0, 0.05) is 5.92 Å². The molecular formula is C7HF11. The van der Waals surface area contributed by atoms with Gasteiger partial charge in [-0.25, -0.2) is 8.78 Å². The van der Waals surface area contributed by atoms with Crippen LogP contribution in [-0.2, 0) is 0 Å². The zero-order valence-corrected chi connectivity index (χ0v) is 7.73. The molecule has 0 nitrogen and oxygen atoms in total. The molecule has 18 heavy (non-hydrogen) atoms. The predicted octanol–water partition coefficient (Wildman–Crippen LogP) is 3.72. The Kier molecular flexibility index (Phi) is 4.17. The molecule has 0 aliphatic carbocycles. The Hall–Kier alpha value is -1.21. The van der Waals surface area contributed by atoms with E-state index in [0.717, 1.165) is 0 Å². The van der Waals surface area contributed by atoms with Crippen LogP contribution in [0.5, 0.6) is 0 Å². The van der Waals surface area contributed by atoms with Crippen molar-refractivity contribution in [1.29, 1.82) is 0 Å². The van der Waals surface area contributed by atoms with Gasteiger partial charge in [0.1, 0.15) is 6.17 Å². The fourth-order valence-corrected chi connectivity index (χ4v) is 0.681. The van der Waals surface area contributed by atoms with Crippen LogP contribution in [0.4, 0.5) is 48.3 Å². The first-order chi connectivity index (χ1) is 7.75. The molecule has 106 valence electrons. The third-order valence-electron chi connectivity index (χ3n) is 1.69. The monoisotopic (exact) mass is 294 g/mol. The van der Waals surface area contributed by atoms with Crippen molar-refractivity contribution in [2.24, 2.45) is 0 Å². The smallest absolute Gasteiger partial charge is 0.203 e. The molecule has 0 heterocycles. The van der Waals surface area contributed by atoms with E-state index in [1.54, 1.807) is 0 Å². The van der Waals surface area contributed by atoms with E-state index in [2.05, 4.69) is 0 Å². The average molecular weight is 294 g/mol. The molecule has 0 aromatic heterocycles. The first-order valence-electron chi connectivity index (χ1n) is 3.68. The lowest BCUT2D eigenvalue weighted by Crippen LogP contribution is -2.63. The van der Waals surface area contributed by atoms with Crippen LogP contribution in [0, 0.1) is 12.1 Å². The standard InChI is InChI=1S/C7HF11/c8-2-1-4(11,12)6(15,16)7(17,18)5(13,14)3(9)10/h3H. The van der Waals surface area contributed by atoms with E-state index in [0.29, 0.717) is 0 Å². The fraction of sp³-hybridized carbons (Fsp3) is 0.714. The van der Waals surface area contributed by atoms with Crippen molar-refractivity contribution in [1.82, 2.24) is 0 Å². The topological polar surface area (TPSA) is 0 Å². The third kappa shape index (κ3) is 2.20. The van der Waals surface area contributed by atoms with Gasteiger partial charge in [-0.15, -0.1) is 4.39 Å². The first-order valence-corrected chi connectivity index (χ1v) is 3.68. The maximum atomic E-state index is 12.4. The van der Waals surface area contributed by atoms with Crippen LogP contribution >= 0.6 is 0 Å². The van der Waals surface area contributed by atoms with Gasteiger partial charge in [0.15, 0.2) is 0 Å². The van der Waals surface area contributed by atoms with E-state index in [-0.39, 0.29) is 12.1 Å². The number of rotatable bonds is 4. The number of halogens is 11. The van der Waals surface area contributed by atoms with Crippen molar-refractivity contribution in [2.45, 2.75) is 30.1 Å². The van der Waals surface area contributed by atoms with Gasteiger partial charge in [-0.3, -0.25) is 0 Å². The second-order valence-electron chi connectivity index (χ2n) is 2.87. The van der Waals surface area contributed by atoms with E-state index < -0.39 is 30.1 Å². The number of hydrogen-bond donors (Lipinski definition) is 0. The molecule has 0 atom stereocenters. The summed E-state index contributed by atoms with van der Waals surface area (Å²) in [5, 5.41) is 0. The molecule has 0 spiro atoms. The van der Waals surface area contributed by atoms with Crippen molar-refractivity contribution >= 4 is 0 Å². The zero-order chi connectivity index (χ0) is 15.0. The highest BCUT2D eigenvalue weighted by molar-refractivity contribution is 5.17. The summed E-state index contributed by atoms with van der Waals surface area (Å²) in [6.07, 6.45) is -5.72. The molecule has 0 aliphatic heterocycles. The summed E-state index contributed by atoms with van der Waals surface area (Å²) in [7, 11) is 0. The molecule has 0 radical (unpaired) electrons. The molecule has 0 rings (SSSR count). The summed E-state index contributed by atoms with van der Waals surface area (Å²) in [5.41, 5.74) is 0. The highest BCUT2D eigenvalue weighted by atomic mass is 19.4. The van der Waals surface area contributed by atoms with Crippen LogP contribution in [0.3, 0.4) is 0 Å². The van der Waals surface area contributed by atoms with Crippen LogP contribution in [0.1, 0.15) is 0 Å². The summed E-state index contributed by atoms with van der Waals surface area (Å²) < 4.78 is 133. The molecule has 0 aromatic rings. The Bertz CT molecular complexity index is 357. The second-order valence-corrected chi connectivity index (χ2v) is 2.87. The quantitative estimate of drug-likeness (QED) is 0.547. The van der Waals surface area contributed by atoms with Gasteiger partial charge in [-0.2, -0.15) is 35.1 Å². The summed E-state index contributed by atoms with van der Waals surface area (Å²) >= 11 is 0. The van der Waals surface area contributed by atoms with Gasteiger partial charge in [0.2, 0.25) is 0 Å². The molecular weight excluding hydrogens is 293 g/mol.